The molecule has 1 fully saturated rings. The maximum Gasteiger partial charge on any atom is 0.225 e. The minimum absolute atomic E-state index is 0.175. The van der Waals surface area contributed by atoms with Gasteiger partial charge < -0.3 is 10.6 Å². The van der Waals surface area contributed by atoms with Crippen LogP contribution in [0.4, 0.5) is 5.95 Å². The van der Waals surface area contributed by atoms with Crippen molar-refractivity contribution in [1.82, 2.24) is 9.97 Å². The van der Waals surface area contributed by atoms with Crippen LogP contribution in [-0.4, -0.2) is 43.0 Å². The third-order valence-corrected chi connectivity index (χ3v) is 4.52. The van der Waals surface area contributed by atoms with Gasteiger partial charge in [0, 0.05) is 37.1 Å². The lowest BCUT2D eigenvalue weighted by Crippen LogP contribution is -2.41. The zero-order valence-corrected chi connectivity index (χ0v) is 10.6. The van der Waals surface area contributed by atoms with Crippen molar-refractivity contribution in [3.05, 3.63) is 17.5 Å². The molecule has 2 heterocycles. The molecule has 17 heavy (non-hydrogen) atoms. The van der Waals surface area contributed by atoms with E-state index in [1.165, 1.54) is 0 Å². The molecule has 0 bridgehead atoms. The predicted molar refractivity (Wildman–Crippen MR) is 65.5 cm³/mol. The molecule has 0 amide bonds. The average Bonchev–Trinajstić information content (AvgIpc) is 2.29. The van der Waals surface area contributed by atoms with E-state index >= 15 is 0 Å². The van der Waals surface area contributed by atoms with E-state index in [1.807, 2.05) is 11.8 Å². The van der Waals surface area contributed by atoms with Crippen molar-refractivity contribution >= 4 is 15.8 Å². The lowest BCUT2D eigenvalue weighted by atomic mass is 10.2. The number of aryl methyl sites for hydroxylation is 1. The number of hydrogen-bond donors (Lipinski definition) is 1. The van der Waals surface area contributed by atoms with Crippen LogP contribution in [0, 0.1) is 6.92 Å². The molecule has 0 aliphatic carbocycles. The van der Waals surface area contributed by atoms with E-state index in [0.29, 0.717) is 25.6 Å². The highest BCUT2D eigenvalue weighted by atomic mass is 32.2. The number of aromatic nitrogens is 2. The highest BCUT2D eigenvalue weighted by Gasteiger charge is 2.23. The van der Waals surface area contributed by atoms with Crippen LogP contribution < -0.4 is 10.6 Å². The maximum atomic E-state index is 11.3. The van der Waals surface area contributed by atoms with Gasteiger partial charge in [0.25, 0.3) is 0 Å². The van der Waals surface area contributed by atoms with Gasteiger partial charge >= 0.3 is 0 Å². The van der Waals surface area contributed by atoms with Crippen molar-refractivity contribution in [2.45, 2.75) is 13.5 Å². The Morgan fingerprint density at radius 1 is 1.41 bits per heavy atom. The summed E-state index contributed by atoms with van der Waals surface area (Å²) in [5, 5.41) is 0. The van der Waals surface area contributed by atoms with E-state index in [1.54, 1.807) is 6.20 Å². The molecular formula is C10H16N4O2S. The summed E-state index contributed by atoms with van der Waals surface area (Å²) in [4.78, 5) is 10.5. The first-order valence-corrected chi connectivity index (χ1v) is 7.32. The molecule has 1 aliphatic rings. The van der Waals surface area contributed by atoms with Crippen LogP contribution in [0.25, 0.3) is 0 Å². The predicted octanol–water partition coefficient (Wildman–Crippen LogP) is -0.521. The number of nitrogens with two attached hydrogens (primary N) is 1. The zero-order valence-electron chi connectivity index (χ0n) is 9.76. The summed E-state index contributed by atoms with van der Waals surface area (Å²) >= 11 is 0. The molecule has 0 spiro atoms. The summed E-state index contributed by atoms with van der Waals surface area (Å²) in [6.45, 7) is 3.22. The van der Waals surface area contributed by atoms with E-state index in [0.717, 1.165) is 11.3 Å². The van der Waals surface area contributed by atoms with Gasteiger partial charge in [-0.1, -0.05) is 0 Å². The molecule has 6 nitrogen and oxygen atoms in total. The average molecular weight is 256 g/mol. The molecule has 94 valence electrons. The van der Waals surface area contributed by atoms with Gasteiger partial charge in [-0.15, -0.1) is 0 Å². The Bertz CT molecular complexity index is 501. The van der Waals surface area contributed by atoms with Crippen molar-refractivity contribution in [2.24, 2.45) is 5.73 Å². The molecule has 1 aromatic heterocycles. The number of rotatable bonds is 2. The number of sulfone groups is 1. The van der Waals surface area contributed by atoms with E-state index in [9.17, 15) is 8.42 Å². The van der Waals surface area contributed by atoms with Crippen molar-refractivity contribution in [3.8, 4) is 0 Å². The summed E-state index contributed by atoms with van der Waals surface area (Å²) in [5.74, 6) is 0.942. The van der Waals surface area contributed by atoms with Crippen molar-refractivity contribution in [1.29, 1.82) is 0 Å². The quantitative estimate of drug-likeness (QED) is 0.765. The van der Waals surface area contributed by atoms with E-state index in [-0.39, 0.29) is 11.5 Å². The summed E-state index contributed by atoms with van der Waals surface area (Å²) in [6, 6.07) is 0. The second-order valence-electron chi connectivity index (χ2n) is 4.12. The molecule has 0 atom stereocenters. The number of nitrogens with zero attached hydrogens (tertiary/aromatic N) is 3. The van der Waals surface area contributed by atoms with E-state index in [2.05, 4.69) is 9.97 Å². The van der Waals surface area contributed by atoms with Crippen LogP contribution in [0.1, 0.15) is 11.3 Å². The zero-order chi connectivity index (χ0) is 12.5. The van der Waals surface area contributed by atoms with Gasteiger partial charge in [0.2, 0.25) is 5.95 Å². The summed E-state index contributed by atoms with van der Waals surface area (Å²) in [6.07, 6.45) is 1.71. The topological polar surface area (TPSA) is 89.2 Å². The molecular weight excluding hydrogens is 240 g/mol. The Balaban J connectivity index is 2.16. The lowest BCUT2D eigenvalue weighted by molar-refractivity contribution is 0.585. The standard InChI is InChI=1S/C10H16N4O2S/c1-8-9(6-11)7-12-10(13-8)14-2-4-17(15,16)5-3-14/h7H,2-6,11H2,1H3. The van der Waals surface area contributed by atoms with Crippen LogP contribution in [-0.2, 0) is 16.4 Å². The molecule has 0 saturated carbocycles. The molecule has 0 radical (unpaired) electrons. The number of anilines is 1. The van der Waals surface area contributed by atoms with Crippen LogP contribution in [0.2, 0.25) is 0 Å². The first kappa shape index (κ1) is 12.3. The van der Waals surface area contributed by atoms with Gasteiger partial charge in [0.1, 0.15) is 0 Å². The van der Waals surface area contributed by atoms with Crippen LogP contribution in [0.3, 0.4) is 0 Å². The van der Waals surface area contributed by atoms with Crippen LogP contribution in [0.15, 0.2) is 6.20 Å². The second kappa shape index (κ2) is 4.58. The molecule has 1 saturated heterocycles. The van der Waals surface area contributed by atoms with Crippen molar-refractivity contribution in [2.75, 3.05) is 29.5 Å². The number of hydrogen-bond acceptors (Lipinski definition) is 6. The highest BCUT2D eigenvalue weighted by molar-refractivity contribution is 7.91. The SMILES string of the molecule is Cc1nc(N2CCS(=O)(=O)CC2)ncc1CN. The van der Waals surface area contributed by atoms with Crippen molar-refractivity contribution < 1.29 is 8.42 Å². The summed E-state index contributed by atoms with van der Waals surface area (Å²) < 4.78 is 22.6. The smallest absolute Gasteiger partial charge is 0.225 e. The van der Waals surface area contributed by atoms with Crippen molar-refractivity contribution in [3.63, 3.8) is 0 Å². The fraction of sp³-hybridized carbons (Fsp3) is 0.600. The Morgan fingerprint density at radius 3 is 2.59 bits per heavy atom. The molecule has 1 aromatic rings. The molecule has 7 heteroatoms. The minimum Gasteiger partial charge on any atom is -0.339 e. The monoisotopic (exact) mass is 256 g/mol. The first-order valence-electron chi connectivity index (χ1n) is 5.50. The fourth-order valence-electron chi connectivity index (χ4n) is 1.74. The van der Waals surface area contributed by atoms with Crippen LogP contribution in [0.5, 0.6) is 0 Å². The summed E-state index contributed by atoms with van der Waals surface area (Å²) in [7, 11) is -2.86. The van der Waals surface area contributed by atoms with E-state index in [4.69, 9.17) is 5.73 Å². The third kappa shape index (κ3) is 2.73. The largest absolute Gasteiger partial charge is 0.339 e. The molecule has 1 aliphatic heterocycles. The first-order chi connectivity index (χ1) is 8.02. The second-order valence-corrected chi connectivity index (χ2v) is 6.43. The normalized spacial score (nSPS) is 19.3. The van der Waals surface area contributed by atoms with E-state index < -0.39 is 9.84 Å². The van der Waals surface area contributed by atoms with Gasteiger partial charge in [-0.2, -0.15) is 0 Å². The maximum absolute atomic E-state index is 11.3. The molecule has 2 rings (SSSR count). The summed E-state index contributed by atoms with van der Waals surface area (Å²) in [5.41, 5.74) is 7.31. The third-order valence-electron chi connectivity index (χ3n) is 2.92. The molecule has 2 N–H and O–H groups in total. The fourth-order valence-corrected chi connectivity index (χ4v) is 2.95. The highest BCUT2D eigenvalue weighted by Crippen LogP contribution is 2.14. The minimum atomic E-state index is -2.86. The van der Waals surface area contributed by atoms with Gasteiger partial charge in [-0.05, 0) is 6.92 Å². The van der Waals surface area contributed by atoms with Crippen LogP contribution >= 0.6 is 0 Å². The van der Waals surface area contributed by atoms with Gasteiger partial charge in [-0.3, -0.25) is 0 Å². The Labute approximate surface area is 101 Å². The Morgan fingerprint density at radius 2 is 2.06 bits per heavy atom. The molecule has 0 unspecified atom stereocenters. The Kier molecular flexibility index (Phi) is 3.30. The Hall–Kier alpha value is -1.21. The molecule has 0 aromatic carbocycles. The van der Waals surface area contributed by atoms with Gasteiger partial charge in [-0.25, -0.2) is 18.4 Å². The van der Waals surface area contributed by atoms with Gasteiger partial charge in [0.15, 0.2) is 9.84 Å². The lowest BCUT2D eigenvalue weighted by Gasteiger charge is -2.26. The van der Waals surface area contributed by atoms with Gasteiger partial charge in [0.05, 0.1) is 11.5 Å².